The molecule has 1 unspecified atom stereocenters. The topological polar surface area (TPSA) is 37.5 Å². The molecule has 2 aromatic heterocycles. The van der Waals surface area contributed by atoms with Crippen LogP contribution in [0.4, 0.5) is 0 Å². The normalized spacial score (nSPS) is 12.8. The summed E-state index contributed by atoms with van der Waals surface area (Å²) < 4.78 is 1.96. The van der Waals surface area contributed by atoms with Crippen LogP contribution in [-0.2, 0) is 0 Å². The molecule has 1 atom stereocenters. The van der Waals surface area contributed by atoms with Crippen molar-refractivity contribution in [3.05, 3.63) is 57.8 Å². The lowest BCUT2D eigenvalue weighted by Gasteiger charge is -2.10. The highest BCUT2D eigenvalue weighted by molar-refractivity contribution is 6.42. The molecular weight excluding hydrogens is 307 g/mol. The molecule has 0 aliphatic rings. The summed E-state index contributed by atoms with van der Waals surface area (Å²) in [5, 5.41) is 11.2. The average Bonchev–Trinajstić information content (AvgIpc) is 2.83. The first-order valence-corrected chi connectivity index (χ1v) is 7.36. The zero-order valence-corrected chi connectivity index (χ0v) is 13.2. The van der Waals surface area contributed by atoms with E-state index in [0.29, 0.717) is 10.0 Å². The standard InChI is InChI=1S/C16H14Cl2N2O/c1-9-4-3-5-14-19-15(16(10(2)21)20(9)14)11-6-7-12(17)13(18)8-11/h3-8,10,21H,1-2H3. The Hall–Kier alpha value is -1.55. The molecule has 21 heavy (non-hydrogen) atoms. The Bertz CT molecular complexity index is 825. The SMILES string of the molecule is Cc1cccc2nc(-c3ccc(Cl)c(Cl)c3)c(C(C)O)n12. The Balaban J connectivity index is 2.34. The van der Waals surface area contributed by atoms with Crippen molar-refractivity contribution in [2.75, 3.05) is 0 Å². The molecule has 1 aromatic carbocycles. The van der Waals surface area contributed by atoms with Crippen LogP contribution in [0.2, 0.25) is 10.0 Å². The van der Waals surface area contributed by atoms with Crippen molar-refractivity contribution in [3.63, 3.8) is 0 Å². The second kappa shape index (κ2) is 5.34. The number of aliphatic hydroxyl groups excluding tert-OH is 1. The second-order valence-electron chi connectivity index (χ2n) is 5.01. The molecule has 2 heterocycles. The van der Waals surface area contributed by atoms with Gasteiger partial charge in [0.25, 0.3) is 0 Å². The van der Waals surface area contributed by atoms with E-state index in [4.69, 9.17) is 23.2 Å². The number of benzene rings is 1. The van der Waals surface area contributed by atoms with Crippen LogP contribution in [0.5, 0.6) is 0 Å². The summed E-state index contributed by atoms with van der Waals surface area (Å²) in [7, 11) is 0. The quantitative estimate of drug-likeness (QED) is 0.745. The number of pyridine rings is 1. The number of halogens is 2. The Morgan fingerprint density at radius 2 is 1.90 bits per heavy atom. The van der Waals surface area contributed by atoms with E-state index >= 15 is 0 Å². The van der Waals surface area contributed by atoms with Crippen molar-refractivity contribution in [1.82, 2.24) is 9.38 Å². The van der Waals surface area contributed by atoms with Gasteiger partial charge in [0.1, 0.15) is 5.65 Å². The third-order valence-electron chi connectivity index (χ3n) is 3.46. The predicted molar refractivity (Wildman–Crippen MR) is 86.0 cm³/mol. The third-order valence-corrected chi connectivity index (χ3v) is 4.20. The Labute approximate surface area is 132 Å². The second-order valence-corrected chi connectivity index (χ2v) is 5.83. The highest BCUT2D eigenvalue weighted by atomic mass is 35.5. The van der Waals surface area contributed by atoms with Gasteiger partial charge in [-0.3, -0.25) is 4.40 Å². The zero-order chi connectivity index (χ0) is 15.1. The van der Waals surface area contributed by atoms with Crippen molar-refractivity contribution in [3.8, 4) is 11.3 Å². The van der Waals surface area contributed by atoms with Gasteiger partial charge in [0, 0.05) is 11.3 Å². The number of hydrogen-bond donors (Lipinski definition) is 1. The van der Waals surface area contributed by atoms with E-state index in [0.717, 1.165) is 28.3 Å². The molecule has 108 valence electrons. The summed E-state index contributed by atoms with van der Waals surface area (Å²) >= 11 is 12.1. The predicted octanol–water partition coefficient (Wildman–Crippen LogP) is 4.67. The maximum absolute atomic E-state index is 10.2. The van der Waals surface area contributed by atoms with Gasteiger partial charge in [-0.1, -0.05) is 35.3 Å². The van der Waals surface area contributed by atoms with E-state index in [1.165, 1.54) is 0 Å². The number of fused-ring (bicyclic) bond motifs is 1. The summed E-state index contributed by atoms with van der Waals surface area (Å²) in [6.45, 7) is 3.72. The maximum atomic E-state index is 10.2. The van der Waals surface area contributed by atoms with Gasteiger partial charge in [-0.05, 0) is 38.1 Å². The lowest BCUT2D eigenvalue weighted by Crippen LogP contribution is -2.02. The first-order chi connectivity index (χ1) is 9.99. The molecule has 0 saturated heterocycles. The van der Waals surface area contributed by atoms with Gasteiger partial charge in [-0.25, -0.2) is 4.98 Å². The summed E-state index contributed by atoms with van der Waals surface area (Å²) in [6, 6.07) is 11.2. The molecule has 3 nitrogen and oxygen atoms in total. The van der Waals surface area contributed by atoms with Crippen molar-refractivity contribution in [2.45, 2.75) is 20.0 Å². The van der Waals surface area contributed by atoms with Crippen LogP contribution >= 0.6 is 23.2 Å². The number of rotatable bonds is 2. The number of imidazole rings is 1. The maximum Gasteiger partial charge on any atom is 0.137 e. The number of aryl methyl sites for hydroxylation is 1. The van der Waals surface area contributed by atoms with Gasteiger partial charge < -0.3 is 5.11 Å². The van der Waals surface area contributed by atoms with Crippen LogP contribution < -0.4 is 0 Å². The first-order valence-electron chi connectivity index (χ1n) is 6.60. The fourth-order valence-electron chi connectivity index (χ4n) is 2.52. The average molecular weight is 321 g/mol. The summed E-state index contributed by atoms with van der Waals surface area (Å²) in [4.78, 5) is 4.64. The molecule has 3 aromatic rings. The summed E-state index contributed by atoms with van der Waals surface area (Å²) in [5.41, 5.74) is 4.12. The highest BCUT2D eigenvalue weighted by Crippen LogP contribution is 2.33. The molecule has 0 saturated carbocycles. The summed E-state index contributed by atoms with van der Waals surface area (Å²) in [5.74, 6) is 0. The van der Waals surface area contributed by atoms with Gasteiger partial charge in [-0.2, -0.15) is 0 Å². The smallest absolute Gasteiger partial charge is 0.137 e. The van der Waals surface area contributed by atoms with Crippen LogP contribution in [0.3, 0.4) is 0 Å². The van der Waals surface area contributed by atoms with Crippen LogP contribution in [-0.4, -0.2) is 14.5 Å². The molecule has 0 amide bonds. The van der Waals surface area contributed by atoms with E-state index < -0.39 is 6.10 Å². The highest BCUT2D eigenvalue weighted by Gasteiger charge is 2.19. The molecule has 5 heteroatoms. The minimum absolute atomic E-state index is 0.472. The summed E-state index contributed by atoms with van der Waals surface area (Å²) in [6.07, 6.45) is -0.648. The Morgan fingerprint density at radius 1 is 1.14 bits per heavy atom. The molecule has 0 aliphatic carbocycles. The molecule has 3 rings (SSSR count). The van der Waals surface area contributed by atoms with Crippen LogP contribution in [0, 0.1) is 6.92 Å². The van der Waals surface area contributed by atoms with E-state index in [9.17, 15) is 5.11 Å². The van der Waals surface area contributed by atoms with E-state index in [-0.39, 0.29) is 0 Å². The molecule has 0 spiro atoms. The Morgan fingerprint density at radius 3 is 2.57 bits per heavy atom. The molecule has 0 radical (unpaired) electrons. The van der Waals surface area contributed by atoms with Gasteiger partial charge in [0.15, 0.2) is 0 Å². The molecule has 0 bridgehead atoms. The number of aliphatic hydroxyl groups is 1. The fraction of sp³-hybridized carbons (Fsp3) is 0.188. The van der Waals surface area contributed by atoms with Gasteiger partial charge in [0.2, 0.25) is 0 Å². The van der Waals surface area contributed by atoms with Crippen molar-refractivity contribution < 1.29 is 5.11 Å². The van der Waals surface area contributed by atoms with Crippen molar-refractivity contribution >= 4 is 28.8 Å². The van der Waals surface area contributed by atoms with Crippen molar-refractivity contribution in [2.24, 2.45) is 0 Å². The van der Waals surface area contributed by atoms with E-state index in [1.54, 1.807) is 19.1 Å². The van der Waals surface area contributed by atoms with Crippen LogP contribution in [0.1, 0.15) is 24.4 Å². The first kappa shape index (κ1) is 14.4. The number of hydrogen-bond acceptors (Lipinski definition) is 2. The number of nitrogens with zero attached hydrogens (tertiary/aromatic N) is 2. The van der Waals surface area contributed by atoms with Gasteiger partial charge >= 0.3 is 0 Å². The third kappa shape index (κ3) is 2.42. The van der Waals surface area contributed by atoms with Crippen molar-refractivity contribution in [1.29, 1.82) is 0 Å². The minimum atomic E-state index is -0.648. The lowest BCUT2D eigenvalue weighted by atomic mass is 10.1. The monoisotopic (exact) mass is 320 g/mol. The van der Waals surface area contributed by atoms with Gasteiger partial charge in [-0.15, -0.1) is 0 Å². The zero-order valence-electron chi connectivity index (χ0n) is 11.6. The molecule has 0 fully saturated rings. The number of aromatic nitrogens is 2. The largest absolute Gasteiger partial charge is 0.387 e. The lowest BCUT2D eigenvalue weighted by molar-refractivity contribution is 0.194. The van der Waals surface area contributed by atoms with E-state index in [1.807, 2.05) is 35.6 Å². The van der Waals surface area contributed by atoms with E-state index in [2.05, 4.69) is 4.98 Å². The minimum Gasteiger partial charge on any atom is -0.387 e. The van der Waals surface area contributed by atoms with Crippen LogP contribution in [0.15, 0.2) is 36.4 Å². The molecule has 1 N–H and O–H groups in total. The molecular formula is C16H14Cl2N2O. The van der Waals surface area contributed by atoms with Gasteiger partial charge in [0.05, 0.1) is 27.5 Å². The fourth-order valence-corrected chi connectivity index (χ4v) is 2.82. The molecule has 0 aliphatic heterocycles. The van der Waals surface area contributed by atoms with Crippen LogP contribution in [0.25, 0.3) is 16.9 Å². The Kier molecular flexibility index (Phi) is 3.66.